The van der Waals surface area contributed by atoms with E-state index in [1.165, 1.54) is 12.8 Å². The van der Waals surface area contributed by atoms with Gasteiger partial charge in [-0.3, -0.25) is 0 Å². The topological polar surface area (TPSA) is 20.2 Å². The molecule has 1 unspecified atom stereocenters. The molecule has 0 spiro atoms. The Labute approximate surface area is 63.4 Å². The van der Waals surface area contributed by atoms with Crippen molar-refractivity contribution in [2.75, 3.05) is 0 Å². The van der Waals surface area contributed by atoms with Crippen molar-refractivity contribution in [1.82, 2.24) is 0 Å². The molecule has 1 heteroatoms. The van der Waals surface area contributed by atoms with E-state index in [-0.39, 0.29) is 5.60 Å². The van der Waals surface area contributed by atoms with Crippen LogP contribution >= 0.6 is 0 Å². The molecule has 1 aliphatic carbocycles. The van der Waals surface area contributed by atoms with Gasteiger partial charge in [0.25, 0.3) is 0 Å². The maximum absolute atomic E-state index is 9.82. The predicted molar refractivity (Wildman–Crippen MR) is 42.8 cm³/mol. The standard InChI is InChI=1S/C9H18O/c1-7(2)8-5-4-6-9(8,3)10/h7-8,10H,4-6H2,1-3H3/t8-,9?/m0/s1. The first kappa shape index (κ1) is 8.06. The van der Waals surface area contributed by atoms with E-state index >= 15 is 0 Å². The lowest BCUT2D eigenvalue weighted by Gasteiger charge is -2.28. The smallest absolute Gasteiger partial charge is 0.0650 e. The highest BCUT2D eigenvalue weighted by Gasteiger charge is 2.37. The first-order valence-corrected chi connectivity index (χ1v) is 4.26. The van der Waals surface area contributed by atoms with E-state index < -0.39 is 0 Å². The van der Waals surface area contributed by atoms with Crippen molar-refractivity contribution in [3.05, 3.63) is 0 Å². The second kappa shape index (κ2) is 2.54. The summed E-state index contributed by atoms with van der Waals surface area (Å²) in [6, 6.07) is 0. The highest BCUT2D eigenvalue weighted by atomic mass is 16.3. The van der Waals surface area contributed by atoms with Gasteiger partial charge in [-0.25, -0.2) is 0 Å². The number of hydrogen-bond acceptors (Lipinski definition) is 1. The molecule has 60 valence electrons. The summed E-state index contributed by atoms with van der Waals surface area (Å²) in [6.07, 6.45) is 3.41. The molecular formula is C9H18O. The molecule has 0 amide bonds. The lowest BCUT2D eigenvalue weighted by atomic mass is 9.84. The summed E-state index contributed by atoms with van der Waals surface area (Å²) in [6.45, 7) is 6.37. The Morgan fingerprint density at radius 2 is 2.10 bits per heavy atom. The summed E-state index contributed by atoms with van der Waals surface area (Å²) in [5.74, 6) is 1.17. The minimum Gasteiger partial charge on any atom is -0.390 e. The molecule has 1 nitrogen and oxygen atoms in total. The lowest BCUT2D eigenvalue weighted by molar-refractivity contribution is 0.00296. The summed E-state index contributed by atoms with van der Waals surface area (Å²) < 4.78 is 0. The van der Waals surface area contributed by atoms with E-state index in [1.807, 2.05) is 6.92 Å². The van der Waals surface area contributed by atoms with Crippen molar-refractivity contribution < 1.29 is 5.11 Å². The van der Waals surface area contributed by atoms with Crippen LogP contribution in [-0.2, 0) is 0 Å². The van der Waals surface area contributed by atoms with E-state index in [2.05, 4.69) is 13.8 Å². The van der Waals surface area contributed by atoms with Crippen molar-refractivity contribution in [2.24, 2.45) is 11.8 Å². The fourth-order valence-corrected chi connectivity index (χ4v) is 2.23. The zero-order chi connectivity index (χ0) is 7.78. The molecular weight excluding hydrogens is 124 g/mol. The molecule has 1 saturated carbocycles. The van der Waals surface area contributed by atoms with Crippen molar-refractivity contribution in [3.8, 4) is 0 Å². The molecule has 1 fully saturated rings. The number of rotatable bonds is 1. The molecule has 1 aliphatic rings. The first-order chi connectivity index (χ1) is 4.54. The Balaban J connectivity index is 2.59. The van der Waals surface area contributed by atoms with Gasteiger partial charge in [-0.05, 0) is 31.6 Å². The molecule has 0 saturated heterocycles. The Bertz CT molecular complexity index is 116. The molecule has 0 aromatic rings. The van der Waals surface area contributed by atoms with Crippen LogP contribution in [0, 0.1) is 11.8 Å². The van der Waals surface area contributed by atoms with E-state index in [9.17, 15) is 5.11 Å². The zero-order valence-electron chi connectivity index (χ0n) is 7.22. The third-order valence-corrected chi connectivity index (χ3v) is 2.80. The maximum atomic E-state index is 9.82. The molecule has 0 radical (unpaired) electrons. The molecule has 1 N–H and O–H groups in total. The molecule has 1 rings (SSSR count). The monoisotopic (exact) mass is 142 g/mol. The molecule has 0 aromatic carbocycles. The van der Waals surface area contributed by atoms with Crippen LogP contribution in [0.4, 0.5) is 0 Å². The fraction of sp³-hybridized carbons (Fsp3) is 1.00. The average Bonchev–Trinajstić information content (AvgIpc) is 2.08. The van der Waals surface area contributed by atoms with Crippen molar-refractivity contribution >= 4 is 0 Å². The second-order valence-electron chi connectivity index (χ2n) is 4.10. The Morgan fingerprint density at radius 3 is 2.30 bits per heavy atom. The summed E-state index contributed by atoms with van der Waals surface area (Å²) in [7, 11) is 0. The van der Waals surface area contributed by atoms with Gasteiger partial charge >= 0.3 is 0 Å². The normalized spacial score (nSPS) is 41.1. The van der Waals surface area contributed by atoms with Crippen LogP contribution in [0.1, 0.15) is 40.0 Å². The minimum atomic E-state index is -0.367. The average molecular weight is 142 g/mol. The summed E-state index contributed by atoms with van der Waals surface area (Å²) in [5, 5.41) is 9.82. The summed E-state index contributed by atoms with van der Waals surface area (Å²) in [5.41, 5.74) is -0.367. The van der Waals surface area contributed by atoms with Gasteiger partial charge in [0.1, 0.15) is 0 Å². The molecule has 0 bridgehead atoms. The highest BCUT2D eigenvalue weighted by molar-refractivity contribution is 4.89. The first-order valence-electron chi connectivity index (χ1n) is 4.26. The maximum Gasteiger partial charge on any atom is 0.0650 e. The number of hydrogen-bond donors (Lipinski definition) is 1. The van der Waals surface area contributed by atoms with Crippen molar-refractivity contribution in [3.63, 3.8) is 0 Å². The van der Waals surface area contributed by atoms with Crippen LogP contribution in [-0.4, -0.2) is 10.7 Å². The third-order valence-electron chi connectivity index (χ3n) is 2.80. The molecule has 0 heterocycles. The SMILES string of the molecule is CC(C)[C@@H]1CCCC1(C)O. The Kier molecular flexibility index (Phi) is 2.04. The molecule has 2 atom stereocenters. The van der Waals surface area contributed by atoms with Crippen LogP contribution in [0.3, 0.4) is 0 Å². The van der Waals surface area contributed by atoms with E-state index in [4.69, 9.17) is 0 Å². The van der Waals surface area contributed by atoms with Gasteiger partial charge < -0.3 is 5.11 Å². The quantitative estimate of drug-likeness (QED) is 0.595. The predicted octanol–water partition coefficient (Wildman–Crippen LogP) is 2.19. The van der Waals surface area contributed by atoms with E-state index in [1.54, 1.807) is 0 Å². The van der Waals surface area contributed by atoms with Gasteiger partial charge in [-0.2, -0.15) is 0 Å². The van der Waals surface area contributed by atoms with Crippen LogP contribution in [0.25, 0.3) is 0 Å². The summed E-state index contributed by atoms with van der Waals surface area (Å²) >= 11 is 0. The molecule has 10 heavy (non-hydrogen) atoms. The fourth-order valence-electron chi connectivity index (χ4n) is 2.23. The van der Waals surface area contributed by atoms with Gasteiger partial charge in [-0.1, -0.05) is 20.3 Å². The minimum absolute atomic E-state index is 0.367. The van der Waals surface area contributed by atoms with Gasteiger partial charge in [0.15, 0.2) is 0 Å². The van der Waals surface area contributed by atoms with Gasteiger partial charge in [0.2, 0.25) is 0 Å². The number of aliphatic hydroxyl groups is 1. The van der Waals surface area contributed by atoms with Gasteiger partial charge in [-0.15, -0.1) is 0 Å². The second-order valence-corrected chi connectivity index (χ2v) is 4.10. The molecule has 0 aromatic heterocycles. The van der Waals surface area contributed by atoms with E-state index in [0.29, 0.717) is 11.8 Å². The zero-order valence-corrected chi connectivity index (χ0v) is 7.22. The van der Waals surface area contributed by atoms with Crippen LogP contribution in [0.15, 0.2) is 0 Å². The Hall–Kier alpha value is -0.0400. The van der Waals surface area contributed by atoms with Gasteiger partial charge in [0, 0.05) is 0 Å². The largest absolute Gasteiger partial charge is 0.390 e. The van der Waals surface area contributed by atoms with Crippen LogP contribution < -0.4 is 0 Å². The lowest BCUT2D eigenvalue weighted by Crippen LogP contribution is -2.32. The summed E-state index contributed by atoms with van der Waals surface area (Å²) in [4.78, 5) is 0. The van der Waals surface area contributed by atoms with E-state index in [0.717, 1.165) is 6.42 Å². The third kappa shape index (κ3) is 1.34. The van der Waals surface area contributed by atoms with Crippen LogP contribution in [0.2, 0.25) is 0 Å². The highest BCUT2D eigenvalue weighted by Crippen LogP contribution is 2.39. The van der Waals surface area contributed by atoms with Crippen LogP contribution in [0.5, 0.6) is 0 Å². The molecule has 0 aliphatic heterocycles. The van der Waals surface area contributed by atoms with Gasteiger partial charge in [0.05, 0.1) is 5.60 Å². The Morgan fingerprint density at radius 1 is 1.50 bits per heavy atom. The van der Waals surface area contributed by atoms with Crippen molar-refractivity contribution in [1.29, 1.82) is 0 Å². The van der Waals surface area contributed by atoms with Crippen molar-refractivity contribution in [2.45, 2.75) is 45.6 Å².